The van der Waals surface area contributed by atoms with Crippen LogP contribution in [-0.2, 0) is 16.1 Å². The Kier molecular flexibility index (Phi) is 8.00. The van der Waals surface area contributed by atoms with Crippen LogP contribution >= 0.6 is 0 Å². The van der Waals surface area contributed by atoms with Crippen LogP contribution < -0.4 is 29.2 Å². The largest absolute Gasteiger partial charge is 0.497 e. The molecule has 3 aromatic carbocycles. The third-order valence-corrected chi connectivity index (χ3v) is 6.13. The monoisotopic (exact) mass is 519 g/mol. The van der Waals surface area contributed by atoms with E-state index in [1.54, 1.807) is 67.8 Å². The number of ether oxygens (including phenoxy) is 4. The quantitative estimate of drug-likeness (QED) is 0.402. The Labute approximate surface area is 220 Å². The SMILES string of the molecule is COc1cccc(CN2C(=O)N(c3cccc(OC)c3)C(=O)[C@@H]2CC(=O)Nc2cc(OC)cc(OC)c2)c1. The van der Waals surface area contributed by atoms with Crippen LogP contribution in [0.3, 0.4) is 0 Å². The normalized spacial score (nSPS) is 14.9. The van der Waals surface area contributed by atoms with E-state index in [2.05, 4.69) is 5.32 Å². The van der Waals surface area contributed by atoms with Crippen molar-refractivity contribution in [3.8, 4) is 23.0 Å². The molecule has 0 aromatic heterocycles. The number of carbonyl (C=O) groups is 3. The molecule has 3 aromatic rings. The maximum absolute atomic E-state index is 13.6. The molecule has 10 heteroatoms. The fraction of sp³-hybridized carbons (Fsp3) is 0.250. The molecule has 1 atom stereocenters. The van der Waals surface area contributed by atoms with E-state index in [1.807, 2.05) is 6.07 Å². The third-order valence-electron chi connectivity index (χ3n) is 6.13. The van der Waals surface area contributed by atoms with Gasteiger partial charge in [0.25, 0.3) is 5.91 Å². The molecule has 4 amide bonds. The van der Waals surface area contributed by atoms with Gasteiger partial charge < -0.3 is 29.2 Å². The molecule has 0 bridgehead atoms. The van der Waals surface area contributed by atoms with Gasteiger partial charge in [0.05, 0.1) is 40.5 Å². The van der Waals surface area contributed by atoms with Gasteiger partial charge in [0.2, 0.25) is 5.91 Å². The van der Waals surface area contributed by atoms with Gasteiger partial charge in [0.1, 0.15) is 29.0 Å². The molecule has 0 spiro atoms. The molecular weight excluding hydrogens is 490 g/mol. The Balaban J connectivity index is 1.63. The molecule has 1 N–H and O–H groups in total. The van der Waals surface area contributed by atoms with Crippen molar-refractivity contribution in [3.63, 3.8) is 0 Å². The highest BCUT2D eigenvalue weighted by Gasteiger charge is 2.46. The second-order valence-electron chi connectivity index (χ2n) is 8.51. The predicted octanol–water partition coefficient (Wildman–Crippen LogP) is 4.09. The van der Waals surface area contributed by atoms with Crippen molar-refractivity contribution in [2.75, 3.05) is 38.7 Å². The molecule has 1 aliphatic heterocycles. The Hall–Kier alpha value is -4.73. The average Bonchev–Trinajstić information content (AvgIpc) is 3.16. The van der Waals surface area contributed by atoms with Crippen molar-refractivity contribution < 1.29 is 33.3 Å². The molecule has 1 aliphatic rings. The standard InChI is InChI=1S/C28H29N3O7/c1-35-21-9-5-7-18(11-21)17-30-25(16-26(32)29-19-12-23(37-3)15-24(13-19)38-4)27(33)31(28(30)34)20-8-6-10-22(14-20)36-2/h5-15,25H,16-17H2,1-4H3,(H,29,32)/t25-/m0/s1. The topological polar surface area (TPSA) is 107 Å². The number of benzene rings is 3. The van der Waals surface area contributed by atoms with Crippen LogP contribution in [0.5, 0.6) is 23.0 Å². The number of urea groups is 1. The number of rotatable bonds is 10. The zero-order valence-electron chi connectivity index (χ0n) is 21.6. The van der Waals surface area contributed by atoms with Crippen LogP contribution in [0.1, 0.15) is 12.0 Å². The summed E-state index contributed by atoms with van der Waals surface area (Å²) in [5, 5.41) is 2.78. The maximum Gasteiger partial charge on any atom is 0.332 e. The van der Waals surface area contributed by atoms with Gasteiger partial charge in [0, 0.05) is 36.5 Å². The number of hydrogen-bond acceptors (Lipinski definition) is 7. The summed E-state index contributed by atoms with van der Waals surface area (Å²) in [4.78, 5) is 42.8. The summed E-state index contributed by atoms with van der Waals surface area (Å²) in [6, 6.07) is 17.2. The molecule has 1 fully saturated rings. The fourth-order valence-electron chi connectivity index (χ4n) is 4.24. The summed E-state index contributed by atoms with van der Waals surface area (Å²) in [5.41, 5.74) is 1.54. The van der Waals surface area contributed by atoms with Crippen molar-refractivity contribution in [1.82, 2.24) is 4.90 Å². The number of nitrogens with zero attached hydrogens (tertiary/aromatic N) is 2. The Bertz CT molecular complexity index is 1320. The molecule has 0 radical (unpaired) electrons. The van der Waals surface area contributed by atoms with Gasteiger partial charge in [-0.1, -0.05) is 18.2 Å². The molecule has 0 saturated carbocycles. The van der Waals surface area contributed by atoms with Gasteiger partial charge in [0.15, 0.2) is 0 Å². The van der Waals surface area contributed by atoms with Gasteiger partial charge in [-0.3, -0.25) is 9.59 Å². The molecule has 0 unspecified atom stereocenters. The van der Waals surface area contributed by atoms with Gasteiger partial charge >= 0.3 is 6.03 Å². The van der Waals surface area contributed by atoms with E-state index < -0.39 is 23.9 Å². The molecule has 4 rings (SSSR count). The van der Waals surface area contributed by atoms with Crippen LogP contribution in [0.2, 0.25) is 0 Å². The van der Waals surface area contributed by atoms with Crippen molar-refractivity contribution >= 4 is 29.2 Å². The number of nitrogens with one attached hydrogen (secondary N) is 1. The lowest BCUT2D eigenvalue weighted by atomic mass is 10.1. The lowest BCUT2D eigenvalue weighted by Crippen LogP contribution is -2.37. The smallest absolute Gasteiger partial charge is 0.332 e. The zero-order valence-corrected chi connectivity index (χ0v) is 21.6. The van der Waals surface area contributed by atoms with Crippen molar-refractivity contribution in [2.45, 2.75) is 19.0 Å². The number of amides is 4. The highest BCUT2D eigenvalue weighted by molar-refractivity contribution is 6.22. The maximum atomic E-state index is 13.6. The van der Waals surface area contributed by atoms with Crippen LogP contribution in [-0.4, -0.2) is 57.2 Å². The number of hydrogen-bond donors (Lipinski definition) is 1. The zero-order chi connectivity index (χ0) is 27.2. The molecule has 1 heterocycles. The van der Waals surface area contributed by atoms with Gasteiger partial charge in [-0.2, -0.15) is 0 Å². The van der Waals surface area contributed by atoms with Gasteiger partial charge in [-0.05, 0) is 29.8 Å². The molecule has 1 saturated heterocycles. The van der Waals surface area contributed by atoms with E-state index in [1.165, 1.54) is 26.2 Å². The number of anilines is 2. The van der Waals surface area contributed by atoms with Gasteiger partial charge in [-0.25, -0.2) is 9.69 Å². The highest BCUT2D eigenvalue weighted by atomic mass is 16.5. The first-order valence-corrected chi connectivity index (χ1v) is 11.8. The molecule has 198 valence electrons. The lowest BCUT2D eigenvalue weighted by Gasteiger charge is -2.22. The van der Waals surface area contributed by atoms with Gasteiger partial charge in [-0.15, -0.1) is 0 Å². The molecule has 0 aliphatic carbocycles. The fourth-order valence-corrected chi connectivity index (χ4v) is 4.24. The summed E-state index contributed by atoms with van der Waals surface area (Å²) in [7, 11) is 6.07. The number of imide groups is 1. The van der Waals surface area contributed by atoms with Crippen molar-refractivity contribution in [2.24, 2.45) is 0 Å². The summed E-state index contributed by atoms with van der Waals surface area (Å²) in [6.07, 6.45) is -0.255. The van der Waals surface area contributed by atoms with Crippen LogP contribution in [0.15, 0.2) is 66.7 Å². The first-order valence-electron chi connectivity index (χ1n) is 11.8. The van der Waals surface area contributed by atoms with E-state index in [9.17, 15) is 14.4 Å². The first kappa shape index (κ1) is 26.3. The minimum absolute atomic E-state index is 0.104. The molecule has 38 heavy (non-hydrogen) atoms. The second kappa shape index (κ2) is 11.5. The average molecular weight is 520 g/mol. The van der Waals surface area contributed by atoms with E-state index in [0.29, 0.717) is 34.4 Å². The minimum Gasteiger partial charge on any atom is -0.497 e. The van der Waals surface area contributed by atoms with E-state index >= 15 is 0 Å². The van der Waals surface area contributed by atoms with Crippen LogP contribution in [0, 0.1) is 0 Å². The van der Waals surface area contributed by atoms with E-state index in [-0.39, 0.29) is 13.0 Å². The predicted molar refractivity (Wildman–Crippen MR) is 141 cm³/mol. The number of methoxy groups -OCH3 is 4. The summed E-state index contributed by atoms with van der Waals surface area (Å²) < 4.78 is 21.1. The molecule has 10 nitrogen and oxygen atoms in total. The Morgan fingerprint density at radius 2 is 1.39 bits per heavy atom. The summed E-state index contributed by atoms with van der Waals surface area (Å²) in [5.74, 6) is 1.15. The minimum atomic E-state index is -1.03. The highest BCUT2D eigenvalue weighted by Crippen LogP contribution is 2.31. The molecular formula is C28H29N3O7. The van der Waals surface area contributed by atoms with E-state index in [0.717, 1.165) is 10.5 Å². The third kappa shape index (κ3) is 5.64. The Morgan fingerprint density at radius 1 is 0.789 bits per heavy atom. The van der Waals surface area contributed by atoms with Crippen LogP contribution in [0.4, 0.5) is 16.2 Å². The van der Waals surface area contributed by atoms with Crippen LogP contribution in [0.25, 0.3) is 0 Å². The lowest BCUT2D eigenvalue weighted by molar-refractivity contribution is -0.124. The second-order valence-corrected chi connectivity index (χ2v) is 8.51. The van der Waals surface area contributed by atoms with Crippen molar-refractivity contribution in [1.29, 1.82) is 0 Å². The summed E-state index contributed by atoms with van der Waals surface area (Å²) >= 11 is 0. The van der Waals surface area contributed by atoms with Crippen molar-refractivity contribution in [3.05, 3.63) is 72.3 Å². The number of carbonyl (C=O) groups excluding carboxylic acids is 3. The van der Waals surface area contributed by atoms with E-state index in [4.69, 9.17) is 18.9 Å². The first-order chi connectivity index (χ1) is 18.4. The Morgan fingerprint density at radius 3 is 2.03 bits per heavy atom. The summed E-state index contributed by atoms with van der Waals surface area (Å²) in [6.45, 7) is 0.104.